The molecule has 86 valence electrons. The third kappa shape index (κ3) is 2.53. The number of hydrogen-bond acceptors (Lipinski definition) is 4. The zero-order valence-corrected chi connectivity index (χ0v) is 9.73. The van der Waals surface area contributed by atoms with Crippen LogP contribution in [-0.2, 0) is 4.74 Å². The van der Waals surface area contributed by atoms with E-state index < -0.39 is 15.3 Å². The lowest BCUT2D eigenvalue weighted by molar-refractivity contribution is 0.178. The molecule has 0 radical (unpaired) electrons. The van der Waals surface area contributed by atoms with Crippen LogP contribution in [0.5, 0.6) is 0 Å². The maximum absolute atomic E-state index is 11.2. The van der Waals surface area contributed by atoms with Crippen molar-refractivity contribution in [2.24, 2.45) is 0 Å². The molecule has 0 aliphatic heterocycles. The normalized spacial score (nSPS) is 13.9. The topological polar surface area (TPSA) is 63.6 Å². The fourth-order valence-electron chi connectivity index (χ4n) is 1.10. The SMILES string of the molecule is COC(=O)S[N+](C)(C(=O)O)c1ccccc1. The van der Waals surface area contributed by atoms with E-state index in [1.54, 1.807) is 30.3 Å². The van der Waals surface area contributed by atoms with Gasteiger partial charge in [-0.15, -0.1) is 3.89 Å². The number of carbonyl (C=O) groups is 2. The summed E-state index contributed by atoms with van der Waals surface area (Å²) in [5.74, 6) is 0. The highest BCUT2D eigenvalue weighted by Crippen LogP contribution is 2.31. The molecule has 0 saturated carbocycles. The highest BCUT2D eigenvalue weighted by Gasteiger charge is 2.40. The average molecular weight is 242 g/mol. The molecule has 1 aromatic rings. The third-order valence-corrected chi connectivity index (χ3v) is 3.09. The van der Waals surface area contributed by atoms with Crippen LogP contribution in [0.3, 0.4) is 0 Å². The number of hydrogen-bond donors (Lipinski definition) is 1. The molecule has 0 bridgehead atoms. The molecule has 0 heterocycles. The lowest BCUT2D eigenvalue weighted by atomic mass is 10.3. The van der Waals surface area contributed by atoms with E-state index in [1.807, 2.05) is 0 Å². The van der Waals surface area contributed by atoms with Crippen LogP contribution in [-0.4, -0.2) is 30.7 Å². The Bertz CT molecular complexity index is 395. The van der Waals surface area contributed by atoms with Gasteiger partial charge in [0.2, 0.25) is 11.9 Å². The molecule has 6 heteroatoms. The molecule has 0 aliphatic carbocycles. The van der Waals surface area contributed by atoms with Crippen LogP contribution in [0.4, 0.5) is 15.3 Å². The highest BCUT2D eigenvalue weighted by atomic mass is 32.2. The number of amides is 1. The Kier molecular flexibility index (Phi) is 3.92. The molecule has 1 atom stereocenters. The largest absolute Gasteiger partial charge is 0.531 e. The van der Waals surface area contributed by atoms with Crippen molar-refractivity contribution in [1.29, 1.82) is 0 Å². The minimum absolute atomic E-state index is 0.491. The van der Waals surface area contributed by atoms with Crippen LogP contribution in [0.15, 0.2) is 30.3 Å². The Labute approximate surface area is 97.4 Å². The van der Waals surface area contributed by atoms with Gasteiger partial charge in [0.1, 0.15) is 0 Å². The lowest BCUT2D eigenvalue weighted by Crippen LogP contribution is -2.43. The van der Waals surface area contributed by atoms with Crippen molar-refractivity contribution in [2.45, 2.75) is 0 Å². The van der Waals surface area contributed by atoms with Crippen molar-refractivity contribution in [3.8, 4) is 0 Å². The molecule has 0 aromatic heterocycles. The Morgan fingerprint density at radius 3 is 2.31 bits per heavy atom. The Balaban J connectivity index is 3.07. The van der Waals surface area contributed by atoms with E-state index in [-0.39, 0.29) is 0 Å². The number of benzene rings is 1. The van der Waals surface area contributed by atoms with Gasteiger partial charge in [0.05, 0.1) is 14.2 Å². The van der Waals surface area contributed by atoms with E-state index in [1.165, 1.54) is 14.2 Å². The van der Waals surface area contributed by atoms with Crippen molar-refractivity contribution < 1.29 is 19.4 Å². The number of methoxy groups -OCH3 is 1. The Hall–Kier alpha value is -1.53. The number of rotatable bonds is 1. The first-order valence-electron chi connectivity index (χ1n) is 4.44. The van der Waals surface area contributed by atoms with E-state index >= 15 is 0 Å². The summed E-state index contributed by atoms with van der Waals surface area (Å²) >= 11 is 0.585. The van der Waals surface area contributed by atoms with Gasteiger partial charge in [-0.25, -0.2) is 4.79 Å². The number of para-hydroxylation sites is 1. The summed E-state index contributed by atoms with van der Waals surface area (Å²) in [5, 5.41) is 8.53. The van der Waals surface area contributed by atoms with Crippen molar-refractivity contribution in [3.05, 3.63) is 30.3 Å². The minimum atomic E-state index is -1.14. The van der Waals surface area contributed by atoms with E-state index in [0.29, 0.717) is 17.6 Å². The molecule has 0 aliphatic rings. The van der Waals surface area contributed by atoms with Crippen molar-refractivity contribution in [2.75, 3.05) is 14.2 Å². The van der Waals surface area contributed by atoms with Gasteiger partial charge in [-0.1, -0.05) is 18.2 Å². The summed E-state index contributed by atoms with van der Waals surface area (Å²) < 4.78 is 3.86. The van der Waals surface area contributed by atoms with E-state index in [0.717, 1.165) is 0 Å². The first-order chi connectivity index (χ1) is 7.50. The van der Waals surface area contributed by atoms with E-state index in [4.69, 9.17) is 0 Å². The number of carbonyl (C=O) groups excluding carboxylic acids is 1. The van der Waals surface area contributed by atoms with Crippen LogP contribution in [0.25, 0.3) is 0 Å². The summed E-state index contributed by atoms with van der Waals surface area (Å²) in [6.07, 6.45) is -1.14. The molecule has 5 nitrogen and oxygen atoms in total. The second-order valence-corrected chi connectivity index (χ2v) is 4.33. The maximum atomic E-state index is 11.2. The quantitative estimate of drug-likeness (QED) is 0.466. The van der Waals surface area contributed by atoms with Gasteiger partial charge >= 0.3 is 11.4 Å². The summed E-state index contributed by atoms with van der Waals surface area (Å²) in [7, 11) is 2.63. The summed E-state index contributed by atoms with van der Waals surface area (Å²) in [6.45, 7) is 0. The van der Waals surface area contributed by atoms with Crippen LogP contribution >= 0.6 is 11.9 Å². The van der Waals surface area contributed by atoms with E-state index in [9.17, 15) is 14.7 Å². The first kappa shape index (κ1) is 12.5. The molecule has 1 N–H and O–H groups in total. The molecular formula is C10H12NO4S+. The molecule has 1 rings (SSSR count). The second kappa shape index (κ2) is 5.00. The smallest absolute Gasteiger partial charge is 0.457 e. The van der Waals surface area contributed by atoms with Gasteiger partial charge in [-0.2, -0.15) is 4.79 Å². The molecule has 1 aromatic carbocycles. The second-order valence-electron chi connectivity index (χ2n) is 3.09. The van der Waals surface area contributed by atoms with Gasteiger partial charge in [0.25, 0.3) is 0 Å². The number of carboxylic acid groups (broad SMARTS) is 1. The molecule has 1 amide bonds. The molecule has 0 saturated heterocycles. The summed E-state index contributed by atoms with van der Waals surface area (Å²) in [4.78, 5) is 22.4. The molecule has 0 spiro atoms. The summed E-state index contributed by atoms with van der Waals surface area (Å²) in [5.41, 5.74) is 0.491. The third-order valence-electron chi connectivity index (χ3n) is 2.04. The van der Waals surface area contributed by atoms with Crippen LogP contribution in [0.1, 0.15) is 0 Å². The summed E-state index contributed by atoms with van der Waals surface area (Å²) in [6, 6.07) is 8.49. The Morgan fingerprint density at radius 1 is 1.31 bits per heavy atom. The average Bonchev–Trinajstić information content (AvgIpc) is 2.29. The van der Waals surface area contributed by atoms with Crippen molar-refractivity contribution >= 4 is 29.0 Å². The standard InChI is InChI=1S/C10H11NO4S/c1-11(9(12)13,16-10(14)15-2)8-6-4-3-5-7-8/h3-7H,1-2H3/p+1. The maximum Gasteiger partial charge on any atom is 0.531 e. The number of ether oxygens (including phenoxy) is 1. The molecular weight excluding hydrogens is 230 g/mol. The minimum Gasteiger partial charge on any atom is -0.457 e. The van der Waals surface area contributed by atoms with Gasteiger partial charge in [0, 0.05) is 12.1 Å². The van der Waals surface area contributed by atoms with Crippen molar-refractivity contribution in [1.82, 2.24) is 3.89 Å². The molecule has 16 heavy (non-hydrogen) atoms. The number of nitrogens with zero attached hydrogens (tertiary/aromatic N) is 1. The van der Waals surface area contributed by atoms with Gasteiger partial charge in [0.15, 0.2) is 5.69 Å². The fourth-order valence-corrected chi connectivity index (χ4v) is 1.78. The lowest BCUT2D eigenvalue weighted by Gasteiger charge is -2.22. The van der Waals surface area contributed by atoms with Gasteiger partial charge < -0.3 is 9.84 Å². The predicted octanol–water partition coefficient (Wildman–Crippen LogP) is 2.72. The first-order valence-corrected chi connectivity index (χ1v) is 5.21. The predicted molar refractivity (Wildman–Crippen MR) is 62.2 cm³/mol. The van der Waals surface area contributed by atoms with E-state index in [2.05, 4.69) is 4.74 Å². The highest BCUT2D eigenvalue weighted by molar-refractivity contribution is 8.13. The van der Waals surface area contributed by atoms with Crippen molar-refractivity contribution in [3.63, 3.8) is 0 Å². The van der Waals surface area contributed by atoms with Crippen LogP contribution in [0.2, 0.25) is 0 Å². The fraction of sp³-hybridized carbons (Fsp3) is 0.200. The molecule has 0 fully saturated rings. The monoisotopic (exact) mass is 242 g/mol. The van der Waals surface area contributed by atoms with Gasteiger partial charge in [-0.05, 0) is 0 Å². The molecule has 1 unspecified atom stereocenters. The van der Waals surface area contributed by atoms with Crippen LogP contribution < -0.4 is 3.89 Å². The number of quaternary nitrogens is 1. The zero-order valence-electron chi connectivity index (χ0n) is 8.91. The zero-order chi connectivity index (χ0) is 12.2. The Morgan fingerprint density at radius 2 is 1.88 bits per heavy atom. The van der Waals surface area contributed by atoms with Gasteiger partial charge in [-0.3, -0.25) is 0 Å². The van der Waals surface area contributed by atoms with Crippen LogP contribution in [0, 0.1) is 0 Å².